The van der Waals surface area contributed by atoms with Crippen LogP contribution >= 0.6 is 15.9 Å². The highest BCUT2D eigenvalue weighted by Gasteiger charge is 2.59. The van der Waals surface area contributed by atoms with E-state index in [2.05, 4.69) is 21.2 Å². The first-order valence-corrected chi connectivity index (χ1v) is 11.3. The molecule has 0 unspecified atom stereocenters. The van der Waals surface area contributed by atoms with E-state index >= 15 is 0 Å². The lowest BCUT2D eigenvalue weighted by Crippen LogP contribution is -2.51. The first-order valence-electron chi connectivity index (χ1n) is 10.5. The number of alkyl halides is 3. The maximum absolute atomic E-state index is 14.2. The van der Waals surface area contributed by atoms with Crippen molar-refractivity contribution in [3.63, 3.8) is 0 Å². The molecule has 2 aromatic rings. The van der Waals surface area contributed by atoms with Gasteiger partial charge in [-0.15, -0.1) is 0 Å². The molecular formula is C23H17BrF5N3O4. The first kappa shape index (κ1) is 25.7. The van der Waals surface area contributed by atoms with Crippen molar-refractivity contribution in [1.82, 2.24) is 15.1 Å². The van der Waals surface area contributed by atoms with Crippen molar-refractivity contribution < 1.29 is 41.1 Å². The molecule has 0 saturated carbocycles. The van der Waals surface area contributed by atoms with Crippen LogP contribution in [-0.2, 0) is 21.7 Å². The quantitative estimate of drug-likeness (QED) is 0.432. The Labute approximate surface area is 209 Å². The molecule has 4 amide bonds. The van der Waals surface area contributed by atoms with Gasteiger partial charge in [0.05, 0.1) is 4.47 Å². The Morgan fingerprint density at radius 2 is 1.81 bits per heavy atom. The highest BCUT2D eigenvalue weighted by Crippen LogP contribution is 2.43. The molecule has 13 heteroatoms. The lowest BCUT2D eigenvalue weighted by atomic mass is 9.91. The predicted octanol–water partition coefficient (Wildman–Crippen LogP) is 4.04. The van der Waals surface area contributed by atoms with Crippen LogP contribution < -0.4 is 5.32 Å². The second-order valence-electron chi connectivity index (χ2n) is 8.50. The molecule has 2 aliphatic rings. The monoisotopic (exact) mass is 573 g/mol. The van der Waals surface area contributed by atoms with Gasteiger partial charge < -0.3 is 10.2 Å². The van der Waals surface area contributed by atoms with Gasteiger partial charge in [0, 0.05) is 24.1 Å². The summed E-state index contributed by atoms with van der Waals surface area (Å²) in [4.78, 5) is 52.3. The number of carbonyl (C=O) groups is 4. The Bertz CT molecular complexity index is 1280. The van der Waals surface area contributed by atoms with E-state index in [4.69, 9.17) is 0 Å². The number of rotatable bonds is 5. The van der Waals surface area contributed by atoms with Crippen LogP contribution in [0.4, 0.5) is 26.7 Å². The van der Waals surface area contributed by atoms with Crippen LogP contribution in [0.15, 0.2) is 40.9 Å². The number of amides is 4. The summed E-state index contributed by atoms with van der Waals surface area (Å²) < 4.78 is 68.0. The molecule has 1 spiro atoms. The van der Waals surface area contributed by atoms with Crippen LogP contribution in [0, 0.1) is 11.6 Å². The maximum Gasteiger partial charge on any atom is 0.408 e. The second kappa shape index (κ2) is 8.95. The molecule has 0 bridgehead atoms. The third kappa shape index (κ3) is 4.36. The lowest BCUT2D eigenvalue weighted by Gasteiger charge is -2.32. The molecule has 1 heterocycles. The van der Waals surface area contributed by atoms with Crippen LogP contribution in [-0.4, -0.2) is 52.2 Å². The molecule has 7 nitrogen and oxygen atoms in total. The summed E-state index contributed by atoms with van der Waals surface area (Å²) in [5.41, 5.74) is -1.89. The summed E-state index contributed by atoms with van der Waals surface area (Å²) in [6, 6.07) is 3.12. The van der Waals surface area contributed by atoms with E-state index in [9.17, 15) is 41.1 Å². The molecule has 0 aromatic heterocycles. The number of hydrogen-bond donors (Lipinski definition) is 1. The average Bonchev–Trinajstić information content (AvgIpc) is 3.19. The molecule has 2 aromatic carbocycles. The number of Topliss-reactive ketones (excluding diaryl/α,β-unsaturated/α-hetero) is 1. The van der Waals surface area contributed by atoms with Gasteiger partial charge in [-0.25, -0.2) is 13.6 Å². The largest absolute Gasteiger partial charge is 0.408 e. The molecule has 1 aliphatic heterocycles. The third-order valence-electron chi connectivity index (χ3n) is 6.24. The topological polar surface area (TPSA) is 86.8 Å². The van der Waals surface area contributed by atoms with Gasteiger partial charge in [-0.1, -0.05) is 12.1 Å². The molecule has 1 saturated heterocycles. The summed E-state index contributed by atoms with van der Waals surface area (Å²) in [6.45, 7) is -0.896. The Morgan fingerprint density at radius 3 is 2.42 bits per heavy atom. The van der Waals surface area contributed by atoms with E-state index in [-0.39, 0.29) is 21.2 Å². The number of halogens is 6. The fraction of sp³-hybridized carbons (Fsp3) is 0.304. The van der Waals surface area contributed by atoms with Crippen LogP contribution in [0.1, 0.15) is 34.8 Å². The van der Waals surface area contributed by atoms with Crippen molar-refractivity contribution in [2.45, 2.75) is 37.6 Å². The molecule has 190 valence electrons. The Kier molecular flexibility index (Phi) is 6.40. The lowest BCUT2D eigenvalue weighted by molar-refractivity contribution is -0.187. The fourth-order valence-electron chi connectivity index (χ4n) is 4.26. The molecular weight excluding hydrogens is 557 g/mol. The Hall–Kier alpha value is -3.35. The van der Waals surface area contributed by atoms with Gasteiger partial charge in [-0.3, -0.25) is 19.3 Å². The van der Waals surface area contributed by atoms with Crippen LogP contribution in [0.2, 0.25) is 0 Å². The van der Waals surface area contributed by atoms with Crippen LogP contribution in [0.25, 0.3) is 0 Å². The number of urea groups is 1. The molecule has 1 N–H and O–H groups in total. The minimum atomic E-state index is -4.84. The number of fused-ring (bicyclic) bond motifs is 2. The number of nitrogens with zero attached hydrogens (tertiary/aromatic N) is 2. The highest BCUT2D eigenvalue weighted by molar-refractivity contribution is 9.10. The second-order valence-corrected chi connectivity index (χ2v) is 9.36. The van der Waals surface area contributed by atoms with Gasteiger partial charge in [0.2, 0.25) is 5.91 Å². The maximum atomic E-state index is 14.2. The van der Waals surface area contributed by atoms with Crippen LogP contribution in [0.5, 0.6) is 0 Å². The van der Waals surface area contributed by atoms with Gasteiger partial charge in [0.1, 0.15) is 24.2 Å². The van der Waals surface area contributed by atoms with Crippen molar-refractivity contribution in [2.75, 3.05) is 6.54 Å². The molecule has 1 fully saturated rings. The minimum absolute atomic E-state index is 0.00580. The van der Waals surface area contributed by atoms with E-state index in [1.165, 1.54) is 18.2 Å². The van der Waals surface area contributed by atoms with E-state index in [0.29, 0.717) is 9.80 Å². The van der Waals surface area contributed by atoms with Crippen molar-refractivity contribution in [2.24, 2.45) is 0 Å². The molecule has 4 rings (SSSR count). The van der Waals surface area contributed by atoms with Gasteiger partial charge in [-0.05, 0) is 52.7 Å². The number of benzene rings is 2. The Balaban J connectivity index is 1.63. The number of imide groups is 1. The zero-order chi connectivity index (χ0) is 26.6. The minimum Gasteiger partial charge on any atom is -0.325 e. The van der Waals surface area contributed by atoms with Gasteiger partial charge in [0.15, 0.2) is 11.3 Å². The number of ketones is 1. The standard InChI is InChI=1S/C23H17BrF5N3O4/c1-11(23(27,28)29)31(9-12-2-4-13(25)5-3-12)19(34)10-32-20(35)22(30-21(32)36)8-18(33)14-6-16(24)17(26)7-15(14)22/h2-7,11H,8-10H2,1H3,(H,30,36)/t11-,22+/m0/s1. The smallest absolute Gasteiger partial charge is 0.325 e. The van der Waals surface area contributed by atoms with Gasteiger partial charge >= 0.3 is 12.2 Å². The third-order valence-corrected chi connectivity index (χ3v) is 6.85. The normalized spacial score (nSPS) is 20.1. The van der Waals surface area contributed by atoms with Crippen molar-refractivity contribution in [1.29, 1.82) is 0 Å². The summed E-state index contributed by atoms with van der Waals surface area (Å²) in [7, 11) is 0. The molecule has 1 aliphatic carbocycles. The zero-order valence-corrected chi connectivity index (χ0v) is 20.0. The van der Waals surface area contributed by atoms with E-state index in [1.807, 2.05) is 0 Å². The van der Waals surface area contributed by atoms with Gasteiger partial charge in [-0.2, -0.15) is 13.2 Å². The first-order chi connectivity index (χ1) is 16.7. The zero-order valence-electron chi connectivity index (χ0n) is 18.5. The SMILES string of the molecule is C[C@H](N(Cc1ccc(F)cc1)C(=O)CN1C(=O)N[C@@]2(CC(=O)c3cc(Br)c(F)cc32)C1=O)C(F)(F)F. The molecule has 2 atom stereocenters. The number of nitrogens with one attached hydrogen (secondary N) is 1. The summed E-state index contributed by atoms with van der Waals surface area (Å²) >= 11 is 2.95. The Morgan fingerprint density at radius 1 is 1.17 bits per heavy atom. The van der Waals surface area contributed by atoms with E-state index < -0.39 is 72.5 Å². The van der Waals surface area contributed by atoms with Crippen molar-refractivity contribution in [3.8, 4) is 0 Å². The average molecular weight is 574 g/mol. The van der Waals surface area contributed by atoms with Gasteiger partial charge in [0.25, 0.3) is 5.91 Å². The summed E-state index contributed by atoms with van der Waals surface area (Å²) in [6.07, 6.45) is -5.37. The summed E-state index contributed by atoms with van der Waals surface area (Å²) in [5, 5.41) is 2.32. The molecule has 36 heavy (non-hydrogen) atoms. The van der Waals surface area contributed by atoms with E-state index in [1.54, 1.807) is 0 Å². The molecule has 0 radical (unpaired) electrons. The van der Waals surface area contributed by atoms with Crippen molar-refractivity contribution in [3.05, 3.63) is 69.2 Å². The predicted molar refractivity (Wildman–Crippen MR) is 117 cm³/mol. The highest BCUT2D eigenvalue weighted by atomic mass is 79.9. The number of carbonyl (C=O) groups excluding carboxylic acids is 4. The summed E-state index contributed by atoms with van der Waals surface area (Å²) in [5.74, 6) is -4.26. The number of hydrogen-bond acceptors (Lipinski definition) is 4. The van der Waals surface area contributed by atoms with Crippen molar-refractivity contribution >= 4 is 39.6 Å². The van der Waals surface area contributed by atoms with E-state index in [0.717, 1.165) is 25.1 Å². The fourth-order valence-corrected chi connectivity index (χ4v) is 4.61. The van der Waals surface area contributed by atoms with Crippen LogP contribution in [0.3, 0.4) is 0 Å².